The molecule has 3 heteroatoms. The van der Waals surface area contributed by atoms with Gasteiger partial charge >= 0.3 is 0 Å². The summed E-state index contributed by atoms with van der Waals surface area (Å²) in [6.07, 6.45) is 3.78. The van der Waals surface area contributed by atoms with E-state index in [0.29, 0.717) is 13.2 Å². The lowest BCUT2D eigenvalue weighted by Crippen LogP contribution is -2.25. The molecule has 1 fully saturated rings. The molecule has 0 spiro atoms. The van der Waals surface area contributed by atoms with E-state index in [-0.39, 0.29) is 11.7 Å². The van der Waals surface area contributed by atoms with Crippen molar-refractivity contribution >= 4 is 6.29 Å². The van der Waals surface area contributed by atoms with E-state index in [1.165, 1.54) is 0 Å². The topological polar surface area (TPSA) is 35.5 Å². The van der Waals surface area contributed by atoms with Gasteiger partial charge < -0.3 is 14.3 Å². The Hall–Kier alpha value is -0.410. The third-order valence-electron chi connectivity index (χ3n) is 2.42. The molecule has 0 N–H and O–H groups in total. The maximum Gasteiger partial charge on any atom is 0.165 e. The molecule has 3 nitrogen and oxygen atoms in total. The maximum atomic E-state index is 10.3. The first-order valence-electron chi connectivity index (χ1n) is 4.89. The van der Waals surface area contributed by atoms with Gasteiger partial charge in [-0.05, 0) is 19.8 Å². The smallest absolute Gasteiger partial charge is 0.165 e. The Morgan fingerprint density at radius 1 is 1.46 bits per heavy atom. The largest absolute Gasteiger partial charge is 0.348 e. The van der Waals surface area contributed by atoms with Gasteiger partial charge in [0.1, 0.15) is 6.29 Å². The number of carbonyl (C=O) groups excluding carboxylic acids is 1. The Kier molecular flexibility index (Phi) is 3.88. The molecule has 0 saturated carbocycles. The number of aldehydes is 1. The normalized spacial score (nSPS) is 22.9. The summed E-state index contributed by atoms with van der Waals surface area (Å²) in [5.41, 5.74) is 0. The van der Waals surface area contributed by atoms with Crippen LogP contribution in [0.4, 0.5) is 0 Å². The number of carbonyl (C=O) groups is 1. The van der Waals surface area contributed by atoms with Crippen LogP contribution in [0.15, 0.2) is 0 Å². The Balaban J connectivity index is 2.14. The van der Waals surface area contributed by atoms with Gasteiger partial charge in [-0.25, -0.2) is 0 Å². The van der Waals surface area contributed by atoms with Crippen molar-refractivity contribution in [1.29, 1.82) is 0 Å². The third-order valence-corrected chi connectivity index (χ3v) is 2.42. The second kappa shape index (κ2) is 4.72. The quantitative estimate of drug-likeness (QED) is 0.614. The number of hydrogen-bond donors (Lipinski definition) is 0. The molecule has 1 aliphatic heterocycles. The average molecular weight is 186 g/mol. The summed E-state index contributed by atoms with van der Waals surface area (Å²) < 4.78 is 10.9. The Labute approximate surface area is 79.4 Å². The standard InChI is InChI=1S/C10H18O3/c1-9(8-11)4-3-5-10(2)12-6-7-13-10/h8-9H,3-7H2,1-2H3. The van der Waals surface area contributed by atoms with Crippen LogP contribution in [0, 0.1) is 5.92 Å². The summed E-state index contributed by atoms with van der Waals surface area (Å²) >= 11 is 0. The molecule has 0 bridgehead atoms. The number of hydrogen-bond acceptors (Lipinski definition) is 3. The highest BCUT2D eigenvalue weighted by molar-refractivity contribution is 5.52. The van der Waals surface area contributed by atoms with Crippen LogP contribution < -0.4 is 0 Å². The first kappa shape index (κ1) is 10.7. The van der Waals surface area contributed by atoms with Crippen LogP contribution in [0.3, 0.4) is 0 Å². The van der Waals surface area contributed by atoms with Gasteiger partial charge in [-0.15, -0.1) is 0 Å². The minimum atomic E-state index is -0.386. The van der Waals surface area contributed by atoms with Crippen LogP contribution in [0.25, 0.3) is 0 Å². The lowest BCUT2D eigenvalue weighted by Gasteiger charge is -2.22. The predicted octanol–water partition coefficient (Wildman–Crippen LogP) is 1.75. The lowest BCUT2D eigenvalue weighted by atomic mass is 10.0. The lowest BCUT2D eigenvalue weighted by molar-refractivity contribution is -0.148. The van der Waals surface area contributed by atoms with Crippen LogP contribution in [0.5, 0.6) is 0 Å². The van der Waals surface area contributed by atoms with Crippen LogP contribution in [-0.2, 0) is 14.3 Å². The van der Waals surface area contributed by atoms with Crippen molar-refractivity contribution in [2.75, 3.05) is 13.2 Å². The first-order valence-corrected chi connectivity index (χ1v) is 4.89. The molecule has 1 saturated heterocycles. The van der Waals surface area contributed by atoms with E-state index < -0.39 is 0 Å². The van der Waals surface area contributed by atoms with Gasteiger partial charge in [0.05, 0.1) is 13.2 Å². The summed E-state index contributed by atoms with van der Waals surface area (Å²) in [5, 5.41) is 0. The van der Waals surface area contributed by atoms with Crippen molar-refractivity contribution in [2.45, 2.75) is 38.9 Å². The van der Waals surface area contributed by atoms with Crippen molar-refractivity contribution in [2.24, 2.45) is 5.92 Å². The summed E-state index contributed by atoms with van der Waals surface area (Å²) in [5.74, 6) is -0.229. The van der Waals surface area contributed by atoms with Gasteiger partial charge in [0.25, 0.3) is 0 Å². The van der Waals surface area contributed by atoms with Crippen LogP contribution in [0.1, 0.15) is 33.1 Å². The zero-order valence-corrected chi connectivity index (χ0v) is 8.41. The second-order valence-corrected chi connectivity index (χ2v) is 3.84. The van der Waals surface area contributed by atoms with E-state index in [2.05, 4.69) is 0 Å². The maximum absolute atomic E-state index is 10.3. The highest BCUT2D eigenvalue weighted by Crippen LogP contribution is 2.25. The van der Waals surface area contributed by atoms with E-state index >= 15 is 0 Å². The van der Waals surface area contributed by atoms with E-state index in [9.17, 15) is 4.79 Å². The van der Waals surface area contributed by atoms with Crippen LogP contribution in [0.2, 0.25) is 0 Å². The fourth-order valence-corrected chi connectivity index (χ4v) is 1.51. The third kappa shape index (κ3) is 3.44. The average Bonchev–Trinajstić information content (AvgIpc) is 2.52. The SMILES string of the molecule is CC(C=O)CCCC1(C)OCCO1. The zero-order valence-electron chi connectivity index (χ0n) is 8.41. The van der Waals surface area contributed by atoms with Crippen LogP contribution >= 0.6 is 0 Å². The molecular formula is C10H18O3. The van der Waals surface area contributed by atoms with Crippen molar-refractivity contribution in [1.82, 2.24) is 0 Å². The monoisotopic (exact) mass is 186 g/mol. The molecule has 1 atom stereocenters. The van der Waals surface area contributed by atoms with Gasteiger partial charge in [0, 0.05) is 12.3 Å². The zero-order chi connectivity index (χ0) is 9.73. The van der Waals surface area contributed by atoms with Crippen molar-refractivity contribution in [3.63, 3.8) is 0 Å². The summed E-state index contributed by atoms with van der Waals surface area (Å²) in [6, 6.07) is 0. The van der Waals surface area contributed by atoms with E-state index in [1.54, 1.807) is 0 Å². The van der Waals surface area contributed by atoms with Crippen molar-refractivity contribution in [3.05, 3.63) is 0 Å². The highest BCUT2D eigenvalue weighted by Gasteiger charge is 2.29. The van der Waals surface area contributed by atoms with Gasteiger partial charge in [-0.2, -0.15) is 0 Å². The van der Waals surface area contributed by atoms with Gasteiger partial charge in [-0.1, -0.05) is 6.92 Å². The van der Waals surface area contributed by atoms with Crippen molar-refractivity contribution < 1.29 is 14.3 Å². The fraction of sp³-hybridized carbons (Fsp3) is 0.900. The molecule has 0 aromatic rings. The second-order valence-electron chi connectivity index (χ2n) is 3.84. The molecule has 13 heavy (non-hydrogen) atoms. The molecule has 0 radical (unpaired) electrons. The van der Waals surface area contributed by atoms with E-state index in [4.69, 9.17) is 9.47 Å². The highest BCUT2D eigenvalue weighted by atomic mass is 16.7. The molecule has 0 aromatic carbocycles. The fourth-order valence-electron chi connectivity index (χ4n) is 1.51. The molecule has 1 rings (SSSR count). The molecule has 1 unspecified atom stereocenters. The van der Waals surface area contributed by atoms with Gasteiger partial charge in [0.15, 0.2) is 5.79 Å². The molecule has 0 aliphatic carbocycles. The summed E-state index contributed by atoms with van der Waals surface area (Å²) in [7, 11) is 0. The van der Waals surface area contributed by atoms with E-state index in [0.717, 1.165) is 25.5 Å². The molecular weight excluding hydrogens is 168 g/mol. The molecule has 76 valence electrons. The Morgan fingerprint density at radius 2 is 2.08 bits per heavy atom. The number of ether oxygens (including phenoxy) is 2. The Morgan fingerprint density at radius 3 is 2.62 bits per heavy atom. The van der Waals surface area contributed by atoms with E-state index in [1.807, 2.05) is 13.8 Å². The molecule has 0 amide bonds. The molecule has 1 aliphatic rings. The predicted molar refractivity (Wildman–Crippen MR) is 49.4 cm³/mol. The number of rotatable bonds is 5. The van der Waals surface area contributed by atoms with Gasteiger partial charge in [-0.3, -0.25) is 0 Å². The van der Waals surface area contributed by atoms with Crippen LogP contribution in [-0.4, -0.2) is 25.3 Å². The molecule has 1 heterocycles. The Bertz CT molecular complexity index is 162. The van der Waals surface area contributed by atoms with Crippen molar-refractivity contribution in [3.8, 4) is 0 Å². The van der Waals surface area contributed by atoms with Gasteiger partial charge in [0.2, 0.25) is 0 Å². The first-order chi connectivity index (χ1) is 6.16. The minimum Gasteiger partial charge on any atom is -0.348 e. The summed E-state index contributed by atoms with van der Waals surface area (Å²) in [6.45, 7) is 5.29. The molecule has 0 aromatic heterocycles. The minimum absolute atomic E-state index is 0.157. The summed E-state index contributed by atoms with van der Waals surface area (Å²) in [4.78, 5) is 10.3.